The summed E-state index contributed by atoms with van der Waals surface area (Å²) in [6, 6.07) is 0. The number of ether oxygens (including phenoxy) is 1. The number of alkyl halides is 1. The third kappa shape index (κ3) is 1.00. The molecule has 0 N–H and O–H groups in total. The second-order valence-electron chi connectivity index (χ2n) is 2.64. The first-order valence-electron chi connectivity index (χ1n) is 3.51. The van der Waals surface area contributed by atoms with Crippen molar-refractivity contribution < 1.29 is 13.9 Å². The van der Waals surface area contributed by atoms with Crippen LogP contribution in [-0.2, 0) is 9.53 Å². The molecule has 1 saturated heterocycles. The van der Waals surface area contributed by atoms with E-state index in [1.165, 1.54) is 0 Å². The van der Waals surface area contributed by atoms with Crippen molar-refractivity contribution in [2.24, 2.45) is 5.92 Å². The van der Waals surface area contributed by atoms with Gasteiger partial charge in [0.15, 0.2) is 0 Å². The van der Waals surface area contributed by atoms with Crippen molar-refractivity contribution in [1.82, 2.24) is 0 Å². The van der Waals surface area contributed by atoms with Crippen molar-refractivity contribution >= 4 is 5.97 Å². The third-order valence-electron chi connectivity index (χ3n) is 1.94. The average molecular weight is 146 g/mol. The molecule has 0 bridgehead atoms. The minimum absolute atomic E-state index is 0.206. The molecule has 10 heavy (non-hydrogen) atoms. The van der Waals surface area contributed by atoms with Crippen LogP contribution in [0.3, 0.4) is 0 Å². The first-order chi connectivity index (χ1) is 4.66. The normalized spacial score (nSPS) is 39.9. The molecule has 0 saturated carbocycles. The predicted molar refractivity (Wildman–Crippen MR) is 34.2 cm³/mol. The van der Waals surface area contributed by atoms with Crippen LogP contribution in [0.5, 0.6) is 0 Å². The summed E-state index contributed by atoms with van der Waals surface area (Å²) in [6.45, 7) is 3.58. The molecule has 3 heteroatoms. The summed E-state index contributed by atoms with van der Waals surface area (Å²) in [4.78, 5) is 10.6. The van der Waals surface area contributed by atoms with E-state index in [-0.39, 0.29) is 12.0 Å². The molecule has 0 aliphatic carbocycles. The fourth-order valence-electron chi connectivity index (χ4n) is 1.18. The molecule has 1 rings (SSSR count). The molecule has 1 aliphatic heterocycles. The molecule has 0 unspecified atom stereocenters. The number of carbonyl (C=O) groups excluding carboxylic acids is 1. The van der Waals surface area contributed by atoms with E-state index in [1.54, 1.807) is 6.92 Å². The standard InChI is InChI=1S/C7H11FO2/c1-3-5-4(2)6(8)7(9)10-5/h4-6H,3H2,1-2H3/t4-,5-,6+/m1/s1. The van der Waals surface area contributed by atoms with Crippen LogP contribution in [0.15, 0.2) is 0 Å². The summed E-state index contributed by atoms with van der Waals surface area (Å²) in [7, 11) is 0. The van der Waals surface area contributed by atoms with Crippen LogP contribution < -0.4 is 0 Å². The Bertz CT molecular complexity index is 147. The fourth-order valence-corrected chi connectivity index (χ4v) is 1.18. The van der Waals surface area contributed by atoms with E-state index in [2.05, 4.69) is 0 Å². The molecule has 0 spiro atoms. The summed E-state index contributed by atoms with van der Waals surface area (Å²) in [6.07, 6.45) is -0.903. The van der Waals surface area contributed by atoms with Gasteiger partial charge in [-0.3, -0.25) is 0 Å². The molecule has 3 atom stereocenters. The molecule has 1 heterocycles. The fraction of sp³-hybridized carbons (Fsp3) is 0.857. The van der Waals surface area contributed by atoms with Crippen LogP contribution in [0.25, 0.3) is 0 Å². The lowest BCUT2D eigenvalue weighted by Gasteiger charge is -2.09. The maximum absolute atomic E-state index is 12.7. The van der Waals surface area contributed by atoms with Crippen molar-refractivity contribution in [3.05, 3.63) is 0 Å². The van der Waals surface area contributed by atoms with Gasteiger partial charge in [-0.25, -0.2) is 9.18 Å². The number of carbonyl (C=O) groups is 1. The van der Waals surface area contributed by atoms with Crippen molar-refractivity contribution in [2.45, 2.75) is 32.5 Å². The van der Waals surface area contributed by atoms with Gasteiger partial charge < -0.3 is 4.74 Å². The zero-order chi connectivity index (χ0) is 7.72. The maximum atomic E-state index is 12.7. The minimum Gasteiger partial charge on any atom is -0.460 e. The SMILES string of the molecule is CC[C@H]1OC(=O)[C@@H](F)[C@@H]1C. The van der Waals surface area contributed by atoms with Gasteiger partial charge in [-0.05, 0) is 6.42 Å². The number of hydrogen-bond donors (Lipinski definition) is 0. The number of rotatable bonds is 1. The Hall–Kier alpha value is -0.600. The van der Waals surface area contributed by atoms with Crippen LogP contribution in [0.4, 0.5) is 4.39 Å². The van der Waals surface area contributed by atoms with E-state index in [1.807, 2.05) is 6.92 Å². The lowest BCUT2D eigenvalue weighted by molar-refractivity contribution is -0.145. The smallest absolute Gasteiger partial charge is 0.341 e. The summed E-state index contributed by atoms with van der Waals surface area (Å²) < 4.78 is 17.4. The molecule has 0 aromatic carbocycles. The van der Waals surface area contributed by atoms with Crippen LogP contribution in [0, 0.1) is 5.92 Å². The molecule has 58 valence electrons. The van der Waals surface area contributed by atoms with Gasteiger partial charge in [0.25, 0.3) is 0 Å². The van der Waals surface area contributed by atoms with Crippen molar-refractivity contribution in [3.63, 3.8) is 0 Å². The quantitative estimate of drug-likeness (QED) is 0.521. The molecule has 1 aliphatic rings. The molecule has 1 fully saturated rings. The van der Waals surface area contributed by atoms with Gasteiger partial charge in [-0.1, -0.05) is 13.8 Å². The first-order valence-corrected chi connectivity index (χ1v) is 3.51. The van der Waals surface area contributed by atoms with Gasteiger partial charge in [0.2, 0.25) is 6.17 Å². The maximum Gasteiger partial charge on any atom is 0.341 e. The third-order valence-corrected chi connectivity index (χ3v) is 1.94. The molecular weight excluding hydrogens is 135 g/mol. The second-order valence-corrected chi connectivity index (χ2v) is 2.64. The highest BCUT2D eigenvalue weighted by Gasteiger charge is 2.40. The Labute approximate surface area is 59.4 Å². The number of cyclic esters (lactones) is 1. The summed E-state index contributed by atoms with van der Waals surface area (Å²) in [5.41, 5.74) is 0. The van der Waals surface area contributed by atoms with Crippen molar-refractivity contribution in [3.8, 4) is 0 Å². The Kier molecular flexibility index (Phi) is 1.92. The van der Waals surface area contributed by atoms with Crippen molar-refractivity contribution in [2.75, 3.05) is 0 Å². The predicted octanol–water partition coefficient (Wildman–Crippen LogP) is 1.30. The van der Waals surface area contributed by atoms with Gasteiger partial charge in [0.05, 0.1) is 0 Å². The molecule has 0 amide bonds. The highest BCUT2D eigenvalue weighted by molar-refractivity contribution is 5.77. The van der Waals surface area contributed by atoms with E-state index in [0.29, 0.717) is 6.42 Å². The molecule has 2 nitrogen and oxygen atoms in total. The lowest BCUT2D eigenvalue weighted by atomic mass is 10.0. The Morgan fingerprint density at radius 2 is 2.30 bits per heavy atom. The van der Waals surface area contributed by atoms with E-state index < -0.39 is 12.1 Å². The van der Waals surface area contributed by atoms with Crippen LogP contribution in [0.1, 0.15) is 20.3 Å². The van der Waals surface area contributed by atoms with Crippen LogP contribution >= 0.6 is 0 Å². The van der Waals surface area contributed by atoms with Crippen molar-refractivity contribution in [1.29, 1.82) is 0 Å². The topological polar surface area (TPSA) is 26.3 Å². The van der Waals surface area contributed by atoms with Gasteiger partial charge in [0.1, 0.15) is 6.10 Å². The van der Waals surface area contributed by atoms with Gasteiger partial charge in [-0.15, -0.1) is 0 Å². The number of halogens is 1. The Balaban J connectivity index is 2.61. The largest absolute Gasteiger partial charge is 0.460 e. The second kappa shape index (κ2) is 2.56. The van der Waals surface area contributed by atoms with Gasteiger partial charge in [0, 0.05) is 5.92 Å². The highest BCUT2D eigenvalue weighted by atomic mass is 19.1. The minimum atomic E-state index is -1.40. The lowest BCUT2D eigenvalue weighted by Crippen LogP contribution is -2.17. The Morgan fingerprint density at radius 1 is 1.70 bits per heavy atom. The molecule has 0 aromatic rings. The van der Waals surface area contributed by atoms with E-state index in [4.69, 9.17) is 4.74 Å². The van der Waals surface area contributed by atoms with E-state index >= 15 is 0 Å². The zero-order valence-corrected chi connectivity index (χ0v) is 6.13. The zero-order valence-electron chi connectivity index (χ0n) is 6.13. The van der Waals surface area contributed by atoms with Crippen LogP contribution in [0.2, 0.25) is 0 Å². The van der Waals surface area contributed by atoms with Gasteiger partial charge in [-0.2, -0.15) is 0 Å². The Morgan fingerprint density at radius 3 is 2.50 bits per heavy atom. The summed E-state index contributed by atoms with van der Waals surface area (Å²) in [5, 5.41) is 0. The van der Waals surface area contributed by atoms with E-state index in [0.717, 1.165) is 0 Å². The highest BCUT2D eigenvalue weighted by Crippen LogP contribution is 2.26. The molecule has 0 aromatic heterocycles. The average Bonchev–Trinajstić information content (AvgIpc) is 2.17. The molecule has 0 radical (unpaired) electrons. The number of hydrogen-bond acceptors (Lipinski definition) is 2. The summed E-state index contributed by atoms with van der Waals surface area (Å²) >= 11 is 0. The number of esters is 1. The van der Waals surface area contributed by atoms with E-state index in [9.17, 15) is 9.18 Å². The summed E-state index contributed by atoms with van der Waals surface area (Å²) in [5.74, 6) is -0.961. The molecular formula is C7H11FO2. The van der Waals surface area contributed by atoms with Gasteiger partial charge >= 0.3 is 5.97 Å². The monoisotopic (exact) mass is 146 g/mol. The first kappa shape index (κ1) is 7.51. The van der Waals surface area contributed by atoms with Crippen LogP contribution in [-0.4, -0.2) is 18.2 Å².